The number of nitrogens with zero attached hydrogens (tertiary/aromatic N) is 1. The zero-order valence-electron chi connectivity index (χ0n) is 6.83. The van der Waals surface area contributed by atoms with Crippen molar-refractivity contribution in [2.75, 3.05) is 5.43 Å². The molecule has 3 heteroatoms. The van der Waals surface area contributed by atoms with E-state index in [9.17, 15) is 0 Å². The van der Waals surface area contributed by atoms with Crippen LogP contribution in [0.25, 0.3) is 0 Å². The van der Waals surface area contributed by atoms with E-state index in [2.05, 4.69) is 24.3 Å². The lowest BCUT2D eigenvalue weighted by Gasteiger charge is -2.09. The summed E-state index contributed by atoms with van der Waals surface area (Å²) in [7, 11) is 0. The molecule has 0 aliphatic heterocycles. The molecule has 0 aliphatic carbocycles. The third-order valence-electron chi connectivity index (χ3n) is 1.63. The van der Waals surface area contributed by atoms with Crippen molar-refractivity contribution in [3.8, 4) is 0 Å². The molecule has 60 valence electrons. The highest BCUT2D eigenvalue weighted by Gasteiger charge is 2.03. The number of pyridine rings is 1. The van der Waals surface area contributed by atoms with Crippen molar-refractivity contribution in [3.05, 3.63) is 24.0 Å². The summed E-state index contributed by atoms with van der Waals surface area (Å²) >= 11 is 0. The molecule has 0 amide bonds. The van der Waals surface area contributed by atoms with Gasteiger partial charge in [-0.25, -0.2) is 0 Å². The summed E-state index contributed by atoms with van der Waals surface area (Å²) in [5.74, 6) is 5.77. The first-order valence-corrected chi connectivity index (χ1v) is 3.66. The van der Waals surface area contributed by atoms with Crippen LogP contribution >= 0.6 is 0 Å². The maximum absolute atomic E-state index is 5.30. The van der Waals surface area contributed by atoms with Gasteiger partial charge in [0.2, 0.25) is 0 Å². The van der Waals surface area contributed by atoms with Gasteiger partial charge >= 0.3 is 0 Å². The van der Waals surface area contributed by atoms with Gasteiger partial charge in [0, 0.05) is 6.20 Å². The minimum atomic E-state index is 0.476. The van der Waals surface area contributed by atoms with Crippen molar-refractivity contribution in [2.24, 2.45) is 5.84 Å². The molecule has 3 nitrogen and oxygen atoms in total. The molecule has 0 unspecified atom stereocenters. The number of hydrazine groups is 1. The molecule has 0 saturated carbocycles. The number of rotatable bonds is 2. The van der Waals surface area contributed by atoms with Crippen LogP contribution in [-0.4, -0.2) is 4.98 Å². The first-order chi connectivity index (χ1) is 5.25. The minimum absolute atomic E-state index is 0.476. The van der Waals surface area contributed by atoms with E-state index in [0.29, 0.717) is 5.92 Å². The molecule has 0 bridgehead atoms. The molecular formula is C8H13N3. The first-order valence-electron chi connectivity index (χ1n) is 3.66. The standard InChI is InChI=1S/C8H13N3/c1-6(2)7-3-4-10-5-8(7)11-9/h3-6,11H,9H2,1-2H3. The Kier molecular flexibility index (Phi) is 2.44. The molecule has 0 aliphatic rings. The van der Waals surface area contributed by atoms with Gasteiger partial charge in [-0.05, 0) is 17.5 Å². The Morgan fingerprint density at radius 1 is 1.55 bits per heavy atom. The van der Waals surface area contributed by atoms with E-state index in [1.165, 1.54) is 5.56 Å². The second-order valence-electron chi connectivity index (χ2n) is 2.76. The lowest BCUT2D eigenvalue weighted by molar-refractivity contribution is 0.863. The fourth-order valence-electron chi connectivity index (χ4n) is 1.03. The second-order valence-corrected chi connectivity index (χ2v) is 2.76. The van der Waals surface area contributed by atoms with E-state index in [4.69, 9.17) is 5.84 Å². The fourth-order valence-corrected chi connectivity index (χ4v) is 1.03. The molecule has 0 spiro atoms. The summed E-state index contributed by atoms with van der Waals surface area (Å²) < 4.78 is 0. The molecule has 3 N–H and O–H groups in total. The summed E-state index contributed by atoms with van der Waals surface area (Å²) in [5.41, 5.74) is 4.72. The molecule has 1 aromatic heterocycles. The maximum Gasteiger partial charge on any atom is 0.0703 e. The SMILES string of the molecule is CC(C)c1ccncc1NN. The number of hydrogen-bond acceptors (Lipinski definition) is 3. The average Bonchev–Trinajstić information content (AvgIpc) is 2.04. The summed E-state index contributed by atoms with van der Waals surface area (Å²) in [6, 6.07) is 1.97. The predicted octanol–water partition coefficient (Wildman–Crippen LogP) is 1.49. The van der Waals surface area contributed by atoms with Gasteiger partial charge in [-0.15, -0.1) is 0 Å². The Morgan fingerprint density at radius 3 is 2.73 bits per heavy atom. The summed E-state index contributed by atoms with van der Waals surface area (Å²) in [4.78, 5) is 3.96. The van der Waals surface area contributed by atoms with E-state index in [0.717, 1.165) is 5.69 Å². The van der Waals surface area contributed by atoms with Crippen LogP contribution in [0.3, 0.4) is 0 Å². The molecular weight excluding hydrogens is 138 g/mol. The highest BCUT2D eigenvalue weighted by molar-refractivity contribution is 5.49. The predicted molar refractivity (Wildman–Crippen MR) is 46.1 cm³/mol. The van der Waals surface area contributed by atoms with Crippen molar-refractivity contribution < 1.29 is 0 Å². The van der Waals surface area contributed by atoms with Gasteiger partial charge in [-0.2, -0.15) is 0 Å². The maximum atomic E-state index is 5.30. The van der Waals surface area contributed by atoms with Gasteiger partial charge < -0.3 is 5.43 Å². The van der Waals surface area contributed by atoms with Crippen molar-refractivity contribution in [3.63, 3.8) is 0 Å². The molecule has 11 heavy (non-hydrogen) atoms. The van der Waals surface area contributed by atoms with Gasteiger partial charge in [0.05, 0.1) is 11.9 Å². The van der Waals surface area contributed by atoms with Crippen molar-refractivity contribution in [2.45, 2.75) is 19.8 Å². The fraction of sp³-hybridized carbons (Fsp3) is 0.375. The van der Waals surface area contributed by atoms with Gasteiger partial charge in [0.15, 0.2) is 0 Å². The van der Waals surface area contributed by atoms with E-state index >= 15 is 0 Å². The average molecular weight is 151 g/mol. The lowest BCUT2D eigenvalue weighted by Crippen LogP contribution is -2.09. The van der Waals surface area contributed by atoms with Crippen molar-refractivity contribution in [1.82, 2.24) is 4.98 Å². The monoisotopic (exact) mass is 151 g/mol. The number of anilines is 1. The molecule has 0 aromatic carbocycles. The summed E-state index contributed by atoms with van der Waals surface area (Å²) in [6.45, 7) is 4.24. The molecule has 1 rings (SSSR count). The molecule has 1 heterocycles. The number of aromatic nitrogens is 1. The Balaban J connectivity index is 3.02. The Bertz CT molecular complexity index is 233. The number of hydrogen-bond donors (Lipinski definition) is 2. The van der Waals surface area contributed by atoms with Crippen LogP contribution in [-0.2, 0) is 0 Å². The smallest absolute Gasteiger partial charge is 0.0703 e. The van der Waals surface area contributed by atoms with Crippen molar-refractivity contribution in [1.29, 1.82) is 0 Å². The largest absolute Gasteiger partial charge is 0.322 e. The molecule has 1 aromatic rings. The van der Waals surface area contributed by atoms with Gasteiger partial charge in [-0.3, -0.25) is 10.8 Å². The Labute approximate surface area is 66.6 Å². The third kappa shape index (κ3) is 1.68. The quantitative estimate of drug-likeness (QED) is 0.497. The van der Waals surface area contributed by atoms with Crippen LogP contribution in [0.2, 0.25) is 0 Å². The Hall–Kier alpha value is -1.09. The lowest BCUT2D eigenvalue weighted by atomic mass is 10.0. The van der Waals surface area contributed by atoms with Gasteiger partial charge in [-0.1, -0.05) is 13.8 Å². The highest BCUT2D eigenvalue weighted by Crippen LogP contribution is 2.21. The van der Waals surface area contributed by atoms with Crippen LogP contribution in [0, 0.1) is 0 Å². The van der Waals surface area contributed by atoms with Gasteiger partial charge in [0.1, 0.15) is 0 Å². The second kappa shape index (κ2) is 3.34. The third-order valence-corrected chi connectivity index (χ3v) is 1.63. The van der Waals surface area contributed by atoms with Crippen LogP contribution in [0.1, 0.15) is 25.3 Å². The number of nitrogen functional groups attached to an aromatic ring is 1. The van der Waals surface area contributed by atoms with Crippen LogP contribution in [0.5, 0.6) is 0 Å². The summed E-state index contributed by atoms with van der Waals surface area (Å²) in [6.07, 6.45) is 3.51. The van der Waals surface area contributed by atoms with Crippen molar-refractivity contribution >= 4 is 5.69 Å². The zero-order valence-corrected chi connectivity index (χ0v) is 6.83. The zero-order chi connectivity index (χ0) is 8.27. The normalized spacial score (nSPS) is 10.2. The molecule has 0 radical (unpaired) electrons. The van der Waals surface area contributed by atoms with E-state index in [1.54, 1.807) is 12.4 Å². The van der Waals surface area contributed by atoms with E-state index in [1.807, 2.05) is 6.07 Å². The number of nitrogens with one attached hydrogen (secondary N) is 1. The topological polar surface area (TPSA) is 50.9 Å². The van der Waals surface area contributed by atoms with Crippen LogP contribution in [0.15, 0.2) is 18.5 Å². The summed E-state index contributed by atoms with van der Waals surface area (Å²) in [5, 5.41) is 0. The first kappa shape index (κ1) is 8.01. The number of nitrogens with two attached hydrogens (primary N) is 1. The highest BCUT2D eigenvalue weighted by atomic mass is 15.2. The Morgan fingerprint density at radius 2 is 2.27 bits per heavy atom. The molecule has 0 atom stereocenters. The van der Waals surface area contributed by atoms with E-state index < -0.39 is 0 Å². The molecule has 0 saturated heterocycles. The van der Waals surface area contributed by atoms with Gasteiger partial charge in [0.25, 0.3) is 0 Å². The van der Waals surface area contributed by atoms with E-state index in [-0.39, 0.29) is 0 Å². The van der Waals surface area contributed by atoms with Crippen LogP contribution < -0.4 is 11.3 Å². The minimum Gasteiger partial charge on any atom is -0.322 e. The van der Waals surface area contributed by atoms with Crippen LogP contribution in [0.4, 0.5) is 5.69 Å². The molecule has 0 fully saturated rings.